The van der Waals surface area contributed by atoms with Crippen LogP contribution in [-0.4, -0.2) is 102 Å². The van der Waals surface area contributed by atoms with Crippen molar-refractivity contribution in [3.05, 3.63) is 36.4 Å². The molecule has 0 aliphatic heterocycles. The quantitative estimate of drug-likeness (QED) is 0.0761. The third kappa shape index (κ3) is 20.5. The van der Waals surface area contributed by atoms with Gasteiger partial charge in [0.15, 0.2) is 0 Å². The molecule has 3 amide bonds. The fourth-order valence-corrected chi connectivity index (χ4v) is 5.62. The number of hydrogen-bond donors (Lipinski definition) is 4. The van der Waals surface area contributed by atoms with Crippen LogP contribution >= 0.6 is 0 Å². The monoisotopic (exact) mass is 804 g/mol. The number of carbonyl (C=O) groups excluding carboxylic acids is 5. The molecule has 2 aromatic heterocycles. The smallest absolute Gasteiger partial charge is 0.329 e. The fraction of sp³-hybridized carbons (Fsp3) is 0.725. The van der Waals surface area contributed by atoms with Crippen molar-refractivity contribution >= 4 is 29.8 Å². The summed E-state index contributed by atoms with van der Waals surface area (Å²) in [5, 5.41) is 8.07. The number of rotatable bonds is 22. The van der Waals surface area contributed by atoms with Crippen LogP contribution < -0.4 is 21.7 Å². The van der Waals surface area contributed by atoms with Crippen LogP contribution in [0.4, 0.5) is 4.79 Å². The summed E-state index contributed by atoms with van der Waals surface area (Å²) in [6.45, 7) is 17.9. The Balaban J connectivity index is 1.89. The van der Waals surface area contributed by atoms with Gasteiger partial charge < -0.3 is 45.0 Å². The highest BCUT2D eigenvalue weighted by Gasteiger charge is 2.31. The van der Waals surface area contributed by atoms with Crippen molar-refractivity contribution in [2.45, 2.75) is 162 Å². The second-order valence-corrected chi connectivity index (χ2v) is 17.4. The summed E-state index contributed by atoms with van der Waals surface area (Å²) < 4.78 is 20.4. The number of ether oxygens (including phenoxy) is 3. The van der Waals surface area contributed by atoms with Crippen LogP contribution in [0, 0.1) is 0 Å². The number of nitrogens with two attached hydrogens (primary N) is 1. The third-order valence-corrected chi connectivity index (χ3v) is 8.42. The second-order valence-electron chi connectivity index (χ2n) is 17.4. The molecule has 0 unspecified atom stereocenters. The fourth-order valence-electron chi connectivity index (χ4n) is 5.62. The van der Waals surface area contributed by atoms with Gasteiger partial charge in [-0.25, -0.2) is 24.4 Å². The molecule has 0 saturated carbocycles. The van der Waals surface area contributed by atoms with Gasteiger partial charge in [-0.1, -0.05) is 6.42 Å². The van der Waals surface area contributed by atoms with E-state index in [1.165, 1.54) is 0 Å². The summed E-state index contributed by atoms with van der Waals surface area (Å²) in [5.41, 5.74) is 3.86. The normalized spacial score (nSPS) is 13.7. The van der Waals surface area contributed by atoms with E-state index in [-0.39, 0.29) is 25.2 Å². The minimum absolute atomic E-state index is 0.0770. The molecule has 0 fully saturated rings. The molecule has 0 aromatic carbocycles. The van der Waals surface area contributed by atoms with Crippen molar-refractivity contribution in [3.63, 3.8) is 0 Å². The zero-order valence-electron chi connectivity index (χ0n) is 36.1. The maximum Gasteiger partial charge on any atom is 0.329 e. The van der Waals surface area contributed by atoms with Crippen LogP contribution in [0.2, 0.25) is 0 Å². The van der Waals surface area contributed by atoms with E-state index >= 15 is 0 Å². The first-order valence-electron chi connectivity index (χ1n) is 19.8. The molecule has 17 nitrogen and oxygen atoms in total. The summed E-state index contributed by atoms with van der Waals surface area (Å²) in [7, 11) is 3.94. The van der Waals surface area contributed by atoms with E-state index in [4.69, 9.17) is 19.9 Å². The molecule has 0 radical (unpaired) electrons. The average Bonchev–Trinajstić information content (AvgIpc) is 3.67. The first kappa shape index (κ1) is 48.6. The summed E-state index contributed by atoms with van der Waals surface area (Å²) in [6.07, 6.45) is 10.5. The molecule has 0 aliphatic carbocycles. The van der Waals surface area contributed by atoms with Crippen LogP contribution in [0.15, 0.2) is 24.8 Å². The zero-order valence-corrected chi connectivity index (χ0v) is 36.1. The Hall–Kier alpha value is -4.51. The highest BCUT2D eigenvalue weighted by atomic mass is 16.6. The van der Waals surface area contributed by atoms with Gasteiger partial charge in [0.2, 0.25) is 5.91 Å². The molecular weight excluding hydrogens is 734 g/mol. The number of nitrogens with one attached hydrogen (secondary N) is 3. The number of aryl methyl sites for hydroxylation is 2. The van der Waals surface area contributed by atoms with Gasteiger partial charge in [-0.2, -0.15) is 0 Å². The lowest BCUT2D eigenvalue weighted by Crippen LogP contribution is -2.53. The van der Waals surface area contributed by atoms with Gasteiger partial charge in [0.05, 0.1) is 19.1 Å². The number of hydrogen-bond acceptors (Lipinski definition) is 12. The third-order valence-electron chi connectivity index (χ3n) is 8.42. The molecule has 2 rings (SSSR count). The van der Waals surface area contributed by atoms with Crippen molar-refractivity contribution in [2.24, 2.45) is 19.8 Å². The van der Waals surface area contributed by atoms with E-state index in [2.05, 4.69) is 30.8 Å². The topological polar surface area (TPSA) is 214 Å². The molecule has 3 atom stereocenters. The molecule has 0 aliphatic rings. The maximum absolute atomic E-state index is 13.2. The maximum atomic E-state index is 13.2. The molecular formula is C40H69N9O8. The SMILES string of the molecule is Cn1ccnc1CN(CCCC[C@H](N)C(=O)NCCCC[C@H](NC(=O)N[C@@H](CCC(=O)OC(C)(C)C)C(=O)OC(C)(C)C)C(=O)OC(C)(C)C)Cc1nccn1C. The Morgan fingerprint density at radius 2 is 1.18 bits per heavy atom. The number of esters is 3. The van der Waals surface area contributed by atoms with Crippen LogP contribution in [0.1, 0.15) is 125 Å². The molecule has 17 heteroatoms. The molecule has 0 spiro atoms. The van der Waals surface area contributed by atoms with E-state index in [1.807, 2.05) is 35.6 Å². The van der Waals surface area contributed by atoms with Crippen LogP contribution in [0.25, 0.3) is 0 Å². The number of nitrogens with zero attached hydrogens (tertiary/aromatic N) is 5. The number of carbonyl (C=O) groups is 5. The molecule has 0 bridgehead atoms. The summed E-state index contributed by atoms with van der Waals surface area (Å²) in [6, 6.07) is -3.72. The Bertz CT molecular complexity index is 1540. The van der Waals surface area contributed by atoms with Crippen molar-refractivity contribution in [3.8, 4) is 0 Å². The summed E-state index contributed by atoms with van der Waals surface area (Å²) in [5.74, 6) is -0.258. The molecule has 2 aromatic rings. The van der Waals surface area contributed by atoms with Crippen LogP contribution in [-0.2, 0) is 60.6 Å². The second kappa shape index (κ2) is 22.4. The van der Waals surface area contributed by atoms with E-state index in [9.17, 15) is 24.0 Å². The van der Waals surface area contributed by atoms with Gasteiger partial charge in [0.25, 0.3) is 0 Å². The minimum Gasteiger partial charge on any atom is -0.460 e. The number of aromatic nitrogens is 4. The molecule has 0 saturated heterocycles. The van der Waals surface area contributed by atoms with Gasteiger partial charge in [-0.05, 0) is 107 Å². The largest absolute Gasteiger partial charge is 0.460 e. The standard InChI is InChI=1S/C40H69N9O8/c1-38(2,3)55-33(50)19-18-30(36(53)57-40(7,8)9)46-37(54)45-29(35(52)56-39(4,5)6)17-12-14-20-44-34(51)28(41)16-13-15-23-49(26-31-42-21-24-47(31)10)27-32-43-22-25-48(32)11/h21-22,24-25,28-30H,12-20,23,26-27,41H2,1-11H3,(H,44,51)(H2,45,46,54)/t28-,29-,30-/m0/s1. The summed E-state index contributed by atoms with van der Waals surface area (Å²) >= 11 is 0. The average molecular weight is 804 g/mol. The molecule has 2 heterocycles. The number of imidazole rings is 2. The molecule has 322 valence electrons. The molecule has 5 N–H and O–H groups in total. The lowest BCUT2D eigenvalue weighted by molar-refractivity contribution is -0.159. The Labute approximate surface area is 338 Å². The zero-order chi connectivity index (χ0) is 43.0. The number of unbranched alkanes of at least 4 members (excludes halogenated alkanes) is 2. The van der Waals surface area contributed by atoms with Crippen LogP contribution in [0.3, 0.4) is 0 Å². The highest BCUT2D eigenvalue weighted by Crippen LogP contribution is 2.16. The van der Waals surface area contributed by atoms with Gasteiger partial charge in [-0.3, -0.25) is 14.5 Å². The predicted octanol–water partition coefficient (Wildman–Crippen LogP) is 3.78. The first-order chi connectivity index (χ1) is 26.4. The van der Waals surface area contributed by atoms with E-state index in [0.29, 0.717) is 38.9 Å². The number of urea groups is 1. The van der Waals surface area contributed by atoms with Crippen LogP contribution in [0.5, 0.6) is 0 Å². The predicted molar refractivity (Wildman–Crippen MR) is 215 cm³/mol. The van der Waals surface area contributed by atoms with Gasteiger partial charge in [0, 0.05) is 51.8 Å². The summed E-state index contributed by atoms with van der Waals surface area (Å²) in [4.78, 5) is 75.8. The van der Waals surface area contributed by atoms with E-state index in [1.54, 1.807) is 74.7 Å². The molecule has 57 heavy (non-hydrogen) atoms. The van der Waals surface area contributed by atoms with Crippen molar-refractivity contribution < 1.29 is 38.2 Å². The minimum atomic E-state index is -1.19. The van der Waals surface area contributed by atoms with Crippen molar-refractivity contribution in [1.29, 1.82) is 0 Å². The highest BCUT2D eigenvalue weighted by molar-refractivity contribution is 5.87. The van der Waals surface area contributed by atoms with Gasteiger partial charge in [0.1, 0.15) is 40.5 Å². The van der Waals surface area contributed by atoms with Crippen molar-refractivity contribution in [1.82, 2.24) is 40.0 Å². The first-order valence-corrected chi connectivity index (χ1v) is 19.8. The Morgan fingerprint density at radius 3 is 1.63 bits per heavy atom. The lowest BCUT2D eigenvalue weighted by Gasteiger charge is -2.27. The Kier molecular flexibility index (Phi) is 19.1. The van der Waals surface area contributed by atoms with Crippen molar-refractivity contribution in [2.75, 3.05) is 13.1 Å². The van der Waals surface area contributed by atoms with E-state index in [0.717, 1.165) is 31.0 Å². The van der Waals surface area contributed by atoms with Gasteiger partial charge in [-0.15, -0.1) is 0 Å². The van der Waals surface area contributed by atoms with Gasteiger partial charge >= 0.3 is 23.9 Å². The number of amides is 3. The Morgan fingerprint density at radius 1 is 0.702 bits per heavy atom. The van der Waals surface area contributed by atoms with E-state index < -0.39 is 58.9 Å². The lowest BCUT2D eigenvalue weighted by atomic mass is 10.1.